The average molecular weight is 171 g/mol. The molecule has 0 aromatic rings. The molecule has 70 valence electrons. The molecular weight excluding hydrogens is 155 g/mol. The molecule has 12 heavy (non-hydrogen) atoms. The lowest BCUT2D eigenvalue weighted by atomic mass is 9.83. The van der Waals surface area contributed by atoms with E-state index in [2.05, 4.69) is 6.58 Å². The molecule has 0 bridgehead atoms. The van der Waals surface area contributed by atoms with E-state index in [4.69, 9.17) is 4.65 Å². The molecule has 0 aromatic heterocycles. The Balaban J connectivity index is 4.32. The van der Waals surface area contributed by atoms with Gasteiger partial charge in [0.15, 0.2) is 0 Å². The SMILES string of the molecule is C=CB([O-])OC(C)(C)C(C)(C)O. The van der Waals surface area contributed by atoms with Crippen LogP contribution in [0.25, 0.3) is 0 Å². The summed E-state index contributed by atoms with van der Waals surface area (Å²) in [5, 5.41) is 20.5. The van der Waals surface area contributed by atoms with Crippen molar-refractivity contribution >= 4 is 7.12 Å². The Morgan fingerprint density at radius 3 is 2.08 bits per heavy atom. The Morgan fingerprint density at radius 2 is 1.83 bits per heavy atom. The van der Waals surface area contributed by atoms with E-state index in [1.54, 1.807) is 27.7 Å². The minimum Gasteiger partial charge on any atom is -0.853 e. The second kappa shape index (κ2) is 3.60. The molecule has 0 aliphatic carbocycles. The normalized spacial score (nSPS) is 12.8. The first-order valence-corrected chi connectivity index (χ1v) is 3.89. The van der Waals surface area contributed by atoms with Gasteiger partial charge < -0.3 is 14.8 Å². The van der Waals surface area contributed by atoms with E-state index in [9.17, 15) is 10.1 Å². The predicted molar refractivity (Wildman–Crippen MR) is 47.4 cm³/mol. The van der Waals surface area contributed by atoms with Crippen molar-refractivity contribution in [2.45, 2.75) is 38.9 Å². The Kier molecular flexibility index (Phi) is 3.51. The first-order valence-electron chi connectivity index (χ1n) is 3.89. The van der Waals surface area contributed by atoms with Gasteiger partial charge in [-0.05, 0) is 27.7 Å². The van der Waals surface area contributed by atoms with Crippen LogP contribution in [-0.4, -0.2) is 23.4 Å². The maximum Gasteiger partial charge on any atom is 0.209 e. The quantitative estimate of drug-likeness (QED) is 0.611. The third-order valence-electron chi connectivity index (χ3n) is 2.08. The van der Waals surface area contributed by atoms with Crippen molar-refractivity contribution in [3.8, 4) is 0 Å². The molecular formula is C8H16BO3-. The summed E-state index contributed by atoms with van der Waals surface area (Å²) in [6.45, 7) is 9.84. The van der Waals surface area contributed by atoms with Crippen molar-refractivity contribution < 1.29 is 14.8 Å². The van der Waals surface area contributed by atoms with E-state index in [1.807, 2.05) is 0 Å². The summed E-state index contributed by atoms with van der Waals surface area (Å²) in [6.07, 6.45) is 0. The van der Waals surface area contributed by atoms with Gasteiger partial charge in [-0.2, -0.15) is 0 Å². The van der Waals surface area contributed by atoms with E-state index in [1.165, 1.54) is 0 Å². The molecule has 0 amide bonds. The van der Waals surface area contributed by atoms with Crippen LogP contribution in [0.1, 0.15) is 27.7 Å². The third kappa shape index (κ3) is 2.97. The maximum absolute atomic E-state index is 10.9. The van der Waals surface area contributed by atoms with Crippen molar-refractivity contribution in [2.75, 3.05) is 0 Å². The van der Waals surface area contributed by atoms with Crippen molar-refractivity contribution in [2.24, 2.45) is 0 Å². The fraction of sp³-hybridized carbons (Fsp3) is 0.750. The zero-order valence-corrected chi connectivity index (χ0v) is 8.13. The molecule has 4 heteroatoms. The topological polar surface area (TPSA) is 52.5 Å². The summed E-state index contributed by atoms with van der Waals surface area (Å²) in [4.78, 5) is 0. The van der Waals surface area contributed by atoms with Gasteiger partial charge in [0.2, 0.25) is 7.12 Å². The molecule has 0 spiro atoms. The number of hydrogen-bond donors (Lipinski definition) is 1. The van der Waals surface area contributed by atoms with Gasteiger partial charge in [-0.1, -0.05) is 0 Å². The zero-order valence-electron chi connectivity index (χ0n) is 8.13. The second-order valence-corrected chi connectivity index (χ2v) is 3.79. The molecule has 0 atom stereocenters. The average Bonchev–Trinajstić information content (AvgIpc) is 1.84. The minimum absolute atomic E-state index is 0.867. The van der Waals surface area contributed by atoms with Gasteiger partial charge in [0.05, 0.1) is 11.2 Å². The summed E-state index contributed by atoms with van der Waals surface area (Å²) < 4.78 is 5.03. The summed E-state index contributed by atoms with van der Waals surface area (Å²) in [5.74, 6) is 1.16. The highest BCUT2D eigenvalue weighted by atomic mass is 16.5. The summed E-state index contributed by atoms with van der Waals surface area (Å²) >= 11 is 0. The third-order valence-corrected chi connectivity index (χ3v) is 2.08. The lowest BCUT2D eigenvalue weighted by Gasteiger charge is -2.41. The van der Waals surface area contributed by atoms with Crippen LogP contribution in [-0.2, 0) is 4.65 Å². The minimum atomic E-state index is -1.29. The van der Waals surface area contributed by atoms with Gasteiger partial charge in [0, 0.05) is 0 Å². The molecule has 0 unspecified atom stereocenters. The second-order valence-electron chi connectivity index (χ2n) is 3.79. The van der Waals surface area contributed by atoms with Crippen molar-refractivity contribution in [3.05, 3.63) is 12.6 Å². The molecule has 3 nitrogen and oxygen atoms in total. The smallest absolute Gasteiger partial charge is 0.209 e. The molecule has 1 N–H and O–H groups in total. The van der Waals surface area contributed by atoms with Gasteiger partial charge in [-0.15, -0.1) is 12.6 Å². The Bertz CT molecular complexity index is 160. The fourth-order valence-corrected chi connectivity index (χ4v) is 0.483. The van der Waals surface area contributed by atoms with Crippen molar-refractivity contribution in [1.29, 1.82) is 0 Å². The number of aliphatic hydroxyl groups is 1. The summed E-state index contributed by atoms with van der Waals surface area (Å²) in [6, 6.07) is 0. The number of rotatable bonds is 4. The Labute approximate surface area is 74.2 Å². The molecule has 0 aliphatic rings. The first kappa shape index (κ1) is 11.7. The van der Waals surface area contributed by atoms with Crippen LogP contribution in [0.15, 0.2) is 12.6 Å². The van der Waals surface area contributed by atoms with E-state index in [0.717, 1.165) is 5.98 Å². The molecule has 0 radical (unpaired) electrons. The van der Waals surface area contributed by atoms with E-state index >= 15 is 0 Å². The summed E-state index contributed by atoms with van der Waals surface area (Å²) in [5.41, 5.74) is -1.91. The van der Waals surface area contributed by atoms with Crippen molar-refractivity contribution in [3.63, 3.8) is 0 Å². The number of hydrogen-bond acceptors (Lipinski definition) is 3. The first-order chi connectivity index (χ1) is 5.20. The van der Waals surface area contributed by atoms with Crippen LogP contribution in [0.3, 0.4) is 0 Å². The predicted octanol–water partition coefficient (Wildman–Crippen LogP) is 0.126. The van der Waals surface area contributed by atoms with Crippen LogP contribution in [0.4, 0.5) is 0 Å². The van der Waals surface area contributed by atoms with E-state index in [-0.39, 0.29) is 0 Å². The van der Waals surface area contributed by atoms with Crippen LogP contribution >= 0.6 is 0 Å². The van der Waals surface area contributed by atoms with Gasteiger partial charge in [0.1, 0.15) is 0 Å². The molecule has 0 rings (SSSR count). The highest BCUT2D eigenvalue weighted by molar-refractivity contribution is 6.47. The highest BCUT2D eigenvalue weighted by Crippen LogP contribution is 2.24. The molecule has 0 fully saturated rings. The Morgan fingerprint density at radius 1 is 1.42 bits per heavy atom. The summed E-state index contributed by atoms with van der Waals surface area (Å²) in [7, 11) is -1.29. The fourth-order valence-electron chi connectivity index (χ4n) is 0.483. The van der Waals surface area contributed by atoms with Crippen LogP contribution in [0.2, 0.25) is 0 Å². The van der Waals surface area contributed by atoms with E-state index in [0.29, 0.717) is 0 Å². The molecule has 0 saturated carbocycles. The monoisotopic (exact) mass is 171 g/mol. The molecule has 0 aliphatic heterocycles. The van der Waals surface area contributed by atoms with Gasteiger partial charge in [0.25, 0.3) is 0 Å². The largest absolute Gasteiger partial charge is 0.853 e. The van der Waals surface area contributed by atoms with Crippen LogP contribution < -0.4 is 5.02 Å². The maximum atomic E-state index is 10.9. The van der Waals surface area contributed by atoms with Gasteiger partial charge in [-0.3, -0.25) is 0 Å². The molecule has 0 saturated heterocycles. The standard InChI is InChI=1S/C8H16BO3/c1-6-9(11)12-8(4,5)7(2,3)10/h6,10H,1H2,2-5H3/q-1. The van der Waals surface area contributed by atoms with Crippen LogP contribution in [0, 0.1) is 0 Å². The lowest BCUT2D eigenvalue weighted by Crippen LogP contribution is -2.53. The Hall–Kier alpha value is -0.315. The van der Waals surface area contributed by atoms with Gasteiger partial charge >= 0.3 is 0 Å². The highest BCUT2D eigenvalue weighted by Gasteiger charge is 2.35. The van der Waals surface area contributed by atoms with Crippen molar-refractivity contribution in [1.82, 2.24) is 0 Å². The molecule has 0 heterocycles. The lowest BCUT2D eigenvalue weighted by molar-refractivity contribution is -0.239. The van der Waals surface area contributed by atoms with Gasteiger partial charge in [-0.25, -0.2) is 0 Å². The zero-order chi connectivity index (χ0) is 9.99. The molecule has 0 aromatic carbocycles. The van der Waals surface area contributed by atoms with Crippen LogP contribution in [0.5, 0.6) is 0 Å². The van der Waals surface area contributed by atoms with E-state index < -0.39 is 18.3 Å².